The van der Waals surface area contributed by atoms with E-state index in [1.54, 1.807) is 6.07 Å². The van der Waals surface area contributed by atoms with Crippen molar-refractivity contribution < 1.29 is 13.2 Å². The molecule has 0 aliphatic rings. The quantitative estimate of drug-likeness (QED) is 0.808. The lowest BCUT2D eigenvalue weighted by Gasteiger charge is -2.10. The van der Waals surface area contributed by atoms with Gasteiger partial charge in [-0.25, -0.2) is 4.39 Å². The molecule has 1 aromatic carbocycles. The minimum Gasteiger partial charge on any atom is -0.275 e. The zero-order valence-electron chi connectivity index (χ0n) is 8.05. The predicted molar refractivity (Wildman–Crippen MR) is 57.6 cm³/mol. The van der Waals surface area contributed by atoms with Crippen LogP contribution < -0.4 is 0 Å². The Labute approximate surface area is 92.1 Å². The molecule has 0 aliphatic carbocycles. The van der Waals surface area contributed by atoms with Gasteiger partial charge in [-0.1, -0.05) is 21.4 Å². The fraction of sp³-hybridized carbons (Fsp3) is 0.100. The minimum atomic E-state index is -3.11. The first kappa shape index (κ1) is 11.1. The van der Waals surface area contributed by atoms with Crippen LogP contribution in [0.1, 0.15) is 5.69 Å². The molecule has 0 saturated carbocycles. The van der Waals surface area contributed by atoms with E-state index >= 15 is 0 Å². The lowest BCUT2D eigenvalue weighted by atomic mass is 10.1. The van der Waals surface area contributed by atoms with Crippen LogP contribution in [0.2, 0.25) is 0 Å². The molecule has 1 heterocycles. The minimum absolute atomic E-state index is 0.194. The molecular formula is C10H8F3N2P. The number of nitrogens with one attached hydrogen (secondary N) is 1. The molecule has 0 aliphatic heterocycles. The third-order valence-electron chi connectivity index (χ3n) is 2.11. The molecule has 16 heavy (non-hydrogen) atoms. The third-order valence-corrected chi connectivity index (χ3v) is 2.40. The second kappa shape index (κ2) is 3.91. The summed E-state index contributed by atoms with van der Waals surface area (Å²) in [7, 11) is 1.42. The summed E-state index contributed by atoms with van der Waals surface area (Å²) in [6.45, 7) is 0. The van der Waals surface area contributed by atoms with Gasteiger partial charge in [-0.3, -0.25) is 5.10 Å². The topological polar surface area (TPSA) is 28.7 Å². The zero-order chi connectivity index (χ0) is 11.8. The number of H-pyrrole nitrogens is 1. The van der Waals surface area contributed by atoms with E-state index in [4.69, 9.17) is 0 Å². The number of hydrogen-bond donors (Lipinski definition) is 1. The molecule has 2 aromatic rings. The van der Waals surface area contributed by atoms with Crippen molar-refractivity contribution in [3.63, 3.8) is 0 Å². The molecule has 0 saturated heterocycles. The second-order valence-corrected chi connectivity index (χ2v) is 4.02. The molecule has 0 fully saturated rings. The van der Waals surface area contributed by atoms with E-state index in [1.807, 2.05) is 0 Å². The van der Waals surface area contributed by atoms with Crippen LogP contribution in [-0.2, 0) is 5.66 Å². The predicted octanol–water partition coefficient (Wildman–Crippen LogP) is 3.14. The van der Waals surface area contributed by atoms with E-state index in [0.717, 1.165) is 0 Å². The number of aromatic amines is 1. The van der Waals surface area contributed by atoms with Gasteiger partial charge in [0.1, 0.15) is 11.5 Å². The Morgan fingerprint density at radius 3 is 2.69 bits per heavy atom. The first-order valence-electron chi connectivity index (χ1n) is 4.45. The van der Waals surface area contributed by atoms with Gasteiger partial charge in [0.05, 0.1) is 6.20 Å². The van der Waals surface area contributed by atoms with E-state index in [1.165, 1.54) is 33.6 Å². The van der Waals surface area contributed by atoms with Crippen molar-refractivity contribution in [2.24, 2.45) is 0 Å². The maximum Gasteiger partial charge on any atom is 0.300 e. The van der Waals surface area contributed by atoms with E-state index in [-0.39, 0.29) is 11.3 Å². The van der Waals surface area contributed by atoms with Crippen LogP contribution in [0.15, 0.2) is 30.5 Å². The standard InChI is InChI=1S/C10H8F3N2P/c11-7-3-1-2-6(4-7)8-5-14-15-9(8)10(12,13)16/h1-5H,16H2,(H,14,15). The molecule has 1 N–H and O–H groups in total. The molecule has 84 valence electrons. The number of alkyl halides is 2. The Bertz CT molecular complexity index is 505. The van der Waals surface area contributed by atoms with E-state index in [2.05, 4.69) is 10.2 Å². The number of aromatic nitrogens is 2. The molecule has 1 unspecified atom stereocenters. The molecular weight excluding hydrogens is 236 g/mol. The third kappa shape index (κ3) is 2.09. The Balaban J connectivity index is 2.53. The van der Waals surface area contributed by atoms with Crippen molar-refractivity contribution >= 4 is 9.24 Å². The van der Waals surface area contributed by atoms with Gasteiger partial charge in [0.2, 0.25) is 0 Å². The smallest absolute Gasteiger partial charge is 0.275 e. The van der Waals surface area contributed by atoms with Crippen LogP contribution in [0.25, 0.3) is 11.1 Å². The number of hydrogen-bond acceptors (Lipinski definition) is 1. The highest BCUT2D eigenvalue weighted by atomic mass is 31.0. The number of benzene rings is 1. The molecule has 6 heteroatoms. The summed E-state index contributed by atoms with van der Waals surface area (Å²) >= 11 is 0. The van der Waals surface area contributed by atoms with Gasteiger partial charge in [-0.2, -0.15) is 13.9 Å². The summed E-state index contributed by atoms with van der Waals surface area (Å²) in [6, 6.07) is 5.45. The van der Waals surface area contributed by atoms with Crippen molar-refractivity contribution in [2.45, 2.75) is 5.66 Å². The van der Waals surface area contributed by atoms with E-state index < -0.39 is 11.5 Å². The van der Waals surface area contributed by atoms with Crippen LogP contribution in [0.3, 0.4) is 0 Å². The van der Waals surface area contributed by atoms with Crippen LogP contribution in [0.5, 0.6) is 0 Å². The highest BCUT2D eigenvalue weighted by Gasteiger charge is 2.30. The number of rotatable bonds is 2. The van der Waals surface area contributed by atoms with Crippen molar-refractivity contribution in [1.29, 1.82) is 0 Å². The summed E-state index contributed by atoms with van der Waals surface area (Å²) in [4.78, 5) is 0. The fourth-order valence-corrected chi connectivity index (χ4v) is 1.64. The Hall–Kier alpha value is -1.35. The molecule has 0 radical (unpaired) electrons. The van der Waals surface area contributed by atoms with Crippen LogP contribution in [0.4, 0.5) is 13.2 Å². The van der Waals surface area contributed by atoms with Crippen LogP contribution in [-0.4, -0.2) is 10.2 Å². The highest BCUT2D eigenvalue weighted by Crippen LogP contribution is 2.39. The van der Waals surface area contributed by atoms with Crippen molar-refractivity contribution in [2.75, 3.05) is 0 Å². The maximum atomic E-state index is 13.1. The lowest BCUT2D eigenvalue weighted by Crippen LogP contribution is -2.04. The summed E-state index contributed by atoms with van der Waals surface area (Å²) in [5.74, 6) is -0.475. The van der Waals surface area contributed by atoms with Gasteiger partial charge in [0.25, 0.3) is 5.66 Å². The molecule has 0 spiro atoms. The SMILES string of the molecule is Fc1cccc(-c2cn[nH]c2C(F)(F)P)c1. The van der Waals surface area contributed by atoms with Gasteiger partial charge in [-0.15, -0.1) is 0 Å². The fourth-order valence-electron chi connectivity index (χ4n) is 1.42. The average Bonchev–Trinajstić information content (AvgIpc) is 2.65. The van der Waals surface area contributed by atoms with Gasteiger partial charge in [-0.05, 0) is 17.7 Å². The molecule has 1 atom stereocenters. The van der Waals surface area contributed by atoms with Gasteiger partial charge < -0.3 is 0 Å². The largest absolute Gasteiger partial charge is 0.300 e. The molecule has 0 amide bonds. The Kier molecular flexibility index (Phi) is 2.72. The lowest BCUT2D eigenvalue weighted by molar-refractivity contribution is 0.0992. The van der Waals surface area contributed by atoms with Crippen molar-refractivity contribution in [3.05, 3.63) is 42.0 Å². The molecule has 1 aromatic heterocycles. The number of halogens is 3. The number of nitrogens with zero attached hydrogens (tertiary/aromatic N) is 1. The van der Waals surface area contributed by atoms with Crippen LogP contribution in [0, 0.1) is 5.82 Å². The average molecular weight is 244 g/mol. The van der Waals surface area contributed by atoms with Gasteiger partial charge in [0.15, 0.2) is 0 Å². The first-order chi connectivity index (χ1) is 7.48. The summed E-state index contributed by atoms with van der Waals surface area (Å²) in [6.07, 6.45) is 1.25. The maximum absolute atomic E-state index is 13.1. The second-order valence-electron chi connectivity index (χ2n) is 3.29. The first-order valence-corrected chi connectivity index (χ1v) is 5.02. The molecule has 0 bridgehead atoms. The van der Waals surface area contributed by atoms with Crippen LogP contribution >= 0.6 is 9.24 Å². The monoisotopic (exact) mass is 244 g/mol. The highest BCUT2D eigenvalue weighted by molar-refractivity contribution is 7.17. The van der Waals surface area contributed by atoms with Crippen molar-refractivity contribution in [3.8, 4) is 11.1 Å². The molecule has 2 nitrogen and oxygen atoms in total. The Morgan fingerprint density at radius 2 is 2.06 bits per heavy atom. The summed E-state index contributed by atoms with van der Waals surface area (Å²) < 4.78 is 39.2. The Morgan fingerprint density at radius 1 is 1.31 bits per heavy atom. The van der Waals surface area contributed by atoms with Crippen molar-refractivity contribution in [1.82, 2.24) is 10.2 Å². The van der Waals surface area contributed by atoms with Gasteiger partial charge >= 0.3 is 0 Å². The summed E-state index contributed by atoms with van der Waals surface area (Å²) in [5.41, 5.74) is -2.90. The summed E-state index contributed by atoms with van der Waals surface area (Å²) in [5, 5.41) is 5.77. The molecule has 2 rings (SSSR count). The zero-order valence-corrected chi connectivity index (χ0v) is 9.20. The van der Waals surface area contributed by atoms with E-state index in [9.17, 15) is 13.2 Å². The van der Waals surface area contributed by atoms with Gasteiger partial charge in [0, 0.05) is 5.56 Å². The normalized spacial score (nSPS) is 11.8. The van der Waals surface area contributed by atoms with E-state index in [0.29, 0.717) is 5.56 Å².